The molecule has 0 aliphatic heterocycles. The Morgan fingerprint density at radius 3 is 2.48 bits per heavy atom. The molecule has 0 fully saturated rings. The van der Waals surface area contributed by atoms with Gasteiger partial charge in [0.1, 0.15) is 0 Å². The molecular formula is C18H15ClO3S. The number of ether oxygens (including phenoxy) is 1. The van der Waals surface area contributed by atoms with Gasteiger partial charge in [-0.1, -0.05) is 35.9 Å². The lowest BCUT2D eigenvalue weighted by molar-refractivity contribution is -0.136. The highest BCUT2D eigenvalue weighted by molar-refractivity contribution is 7.98. The highest BCUT2D eigenvalue weighted by Crippen LogP contribution is 2.16. The molecule has 0 unspecified atom stereocenters. The number of thioether (sulfide) groups is 1. The number of hydrogen-bond acceptors (Lipinski definition) is 4. The molecule has 0 heterocycles. The fourth-order valence-corrected chi connectivity index (χ4v) is 2.48. The molecule has 0 N–H and O–H groups in total. The van der Waals surface area contributed by atoms with Gasteiger partial charge in [-0.2, -0.15) is 0 Å². The number of Topliss-reactive ketones (excluding diaryl/α,β-unsaturated/α-hetero) is 1. The van der Waals surface area contributed by atoms with E-state index in [4.69, 9.17) is 16.3 Å². The summed E-state index contributed by atoms with van der Waals surface area (Å²) >= 11 is 7.57. The second-order valence-electron chi connectivity index (χ2n) is 4.62. The van der Waals surface area contributed by atoms with Crippen molar-refractivity contribution in [3.05, 3.63) is 70.8 Å². The van der Waals surface area contributed by atoms with Gasteiger partial charge in [0.05, 0.1) is 5.02 Å². The molecule has 0 aliphatic carbocycles. The number of hydrogen-bond donors (Lipinski definition) is 0. The average molecular weight is 347 g/mol. The van der Waals surface area contributed by atoms with Crippen LogP contribution in [0.5, 0.6) is 0 Å². The Balaban J connectivity index is 1.88. The molecule has 0 spiro atoms. The molecule has 3 nitrogen and oxygen atoms in total. The zero-order valence-corrected chi connectivity index (χ0v) is 14.1. The summed E-state index contributed by atoms with van der Waals surface area (Å²) in [5.74, 6) is -0.902. The van der Waals surface area contributed by atoms with E-state index in [2.05, 4.69) is 0 Å². The summed E-state index contributed by atoms with van der Waals surface area (Å²) in [6.45, 7) is -0.335. The molecule has 0 radical (unpaired) electrons. The van der Waals surface area contributed by atoms with Crippen molar-refractivity contribution < 1.29 is 14.3 Å². The molecule has 0 amide bonds. The van der Waals surface area contributed by atoms with Crippen LogP contribution in [0.4, 0.5) is 0 Å². The SMILES string of the molecule is CSc1ccc(/C=C/C(=O)OCC(=O)c2ccccc2Cl)cc1. The van der Waals surface area contributed by atoms with E-state index in [9.17, 15) is 9.59 Å². The Morgan fingerprint density at radius 2 is 1.83 bits per heavy atom. The molecule has 0 atom stereocenters. The third kappa shape index (κ3) is 5.27. The third-order valence-electron chi connectivity index (χ3n) is 3.05. The molecule has 0 aliphatic rings. The molecular weight excluding hydrogens is 332 g/mol. The van der Waals surface area contributed by atoms with Crippen LogP contribution in [-0.2, 0) is 9.53 Å². The predicted molar refractivity (Wildman–Crippen MR) is 94.0 cm³/mol. The number of benzene rings is 2. The van der Waals surface area contributed by atoms with Crippen molar-refractivity contribution >= 4 is 41.2 Å². The molecule has 23 heavy (non-hydrogen) atoms. The van der Waals surface area contributed by atoms with Crippen LogP contribution in [0.1, 0.15) is 15.9 Å². The lowest BCUT2D eigenvalue weighted by Gasteiger charge is -2.03. The molecule has 5 heteroatoms. The summed E-state index contributed by atoms with van der Waals surface area (Å²) in [5, 5.41) is 0.345. The standard InChI is InChI=1S/C18H15ClO3S/c1-23-14-9-6-13(7-10-14)8-11-18(21)22-12-17(20)15-4-2-3-5-16(15)19/h2-11H,12H2,1H3/b11-8+. The molecule has 118 valence electrons. The largest absolute Gasteiger partial charge is 0.454 e. The van der Waals surface area contributed by atoms with Gasteiger partial charge < -0.3 is 4.74 Å². The van der Waals surface area contributed by atoms with Crippen LogP contribution in [0, 0.1) is 0 Å². The molecule has 0 saturated carbocycles. The highest BCUT2D eigenvalue weighted by Gasteiger charge is 2.11. The van der Waals surface area contributed by atoms with Gasteiger partial charge in [0.2, 0.25) is 5.78 Å². The summed E-state index contributed by atoms with van der Waals surface area (Å²) in [7, 11) is 0. The number of carbonyl (C=O) groups is 2. The second kappa shape index (κ2) is 8.56. The van der Waals surface area contributed by atoms with Crippen LogP contribution in [-0.4, -0.2) is 24.6 Å². The van der Waals surface area contributed by atoms with Gasteiger partial charge in [-0.05, 0) is 42.2 Å². The van der Waals surface area contributed by atoms with E-state index < -0.39 is 5.97 Å². The minimum absolute atomic E-state index is 0.332. The lowest BCUT2D eigenvalue weighted by Crippen LogP contribution is -2.12. The fourth-order valence-electron chi connectivity index (χ4n) is 1.83. The quantitative estimate of drug-likeness (QED) is 0.334. The van der Waals surface area contributed by atoms with Crippen molar-refractivity contribution in [1.82, 2.24) is 0 Å². The van der Waals surface area contributed by atoms with Gasteiger partial charge in [0, 0.05) is 16.5 Å². The smallest absolute Gasteiger partial charge is 0.331 e. The molecule has 2 aromatic carbocycles. The van der Waals surface area contributed by atoms with Crippen LogP contribution >= 0.6 is 23.4 Å². The summed E-state index contributed by atoms with van der Waals surface area (Å²) in [5.41, 5.74) is 1.23. The van der Waals surface area contributed by atoms with Gasteiger partial charge >= 0.3 is 5.97 Å². The fraction of sp³-hybridized carbons (Fsp3) is 0.111. The minimum atomic E-state index is -0.570. The van der Waals surface area contributed by atoms with Crippen LogP contribution in [0.25, 0.3) is 6.08 Å². The van der Waals surface area contributed by atoms with Crippen LogP contribution in [0.15, 0.2) is 59.5 Å². The van der Waals surface area contributed by atoms with Crippen molar-refractivity contribution in [2.75, 3.05) is 12.9 Å². The second-order valence-corrected chi connectivity index (χ2v) is 5.90. The van der Waals surface area contributed by atoms with Gasteiger partial charge in [-0.3, -0.25) is 4.79 Å². The first-order chi connectivity index (χ1) is 11.1. The Kier molecular flexibility index (Phi) is 6.44. The number of rotatable bonds is 6. The maximum atomic E-state index is 11.9. The predicted octanol–water partition coefficient (Wildman–Crippen LogP) is 4.50. The number of ketones is 1. The molecule has 2 rings (SSSR count). The Labute approximate surface area is 144 Å². The van der Waals surface area contributed by atoms with Crippen molar-refractivity contribution in [3.63, 3.8) is 0 Å². The Hall–Kier alpha value is -2.04. The van der Waals surface area contributed by atoms with Gasteiger partial charge in [0.25, 0.3) is 0 Å². The van der Waals surface area contributed by atoms with E-state index in [-0.39, 0.29) is 12.4 Å². The van der Waals surface area contributed by atoms with E-state index in [1.54, 1.807) is 42.1 Å². The lowest BCUT2D eigenvalue weighted by atomic mass is 10.1. The molecule has 2 aromatic rings. The van der Waals surface area contributed by atoms with Crippen molar-refractivity contribution in [2.45, 2.75) is 4.90 Å². The topological polar surface area (TPSA) is 43.4 Å². The average Bonchev–Trinajstić information content (AvgIpc) is 2.58. The van der Waals surface area contributed by atoms with E-state index in [1.165, 1.54) is 6.08 Å². The first kappa shape index (κ1) is 17.3. The maximum Gasteiger partial charge on any atom is 0.331 e. The Morgan fingerprint density at radius 1 is 1.13 bits per heavy atom. The van der Waals surface area contributed by atoms with Crippen LogP contribution in [0.3, 0.4) is 0 Å². The van der Waals surface area contributed by atoms with Gasteiger partial charge in [0.15, 0.2) is 6.61 Å². The summed E-state index contributed by atoms with van der Waals surface area (Å²) < 4.78 is 4.94. The first-order valence-corrected chi connectivity index (χ1v) is 8.47. The Bertz CT molecular complexity index is 723. The third-order valence-corrected chi connectivity index (χ3v) is 4.12. The molecule has 0 saturated heterocycles. The van der Waals surface area contributed by atoms with Gasteiger partial charge in [-0.25, -0.2) is 4.79 Å². The number of halogens is 1. The van der Waals surface area contributed by atoms with E-state index in [0.717, 1.165) is 10.5 Å². The first-order valence-electron chi connectivity index (χ1n) is 6.87. The van der Waals surface area contributed by atoms with Crippen molar-refractivity contribution in [1.29, 1.82) is 0 Å². The molecule has 0 bridgehead atoms. The van der Waals surface area contributed by atoms with E-state index in [1.807, 2.05) is 30.5 Å². The summed E-state index contributed by atoms with van der Waals surface area (Å²) in [6, 6.07) is 14.4. The number of esters is 1. The number of carbonyl (C=O) groups excluding carboxylic acids is 2. The van der Waals surface area contributed by atoms with Crippen molar-refractivity contribution in [3.8, 4) is 0 Å². The van der Waals surface area contributed by atoms with E-state index in [0.29, 0.717) is 10.6 Å². The maximum absolute atomic E-state index is 11.9. The molecule has 0 aromatic heterocycles. The van der Waals surface area contributed by atoms with Crippen molar-refractivity contribution in [2.24, 2.45) is 0 Å². The monoisotopic (exact) mass is 346 g/mol. The normalized spacial score (nSPS) is 10.7. The van der Waals surface area contributed by atoms with Crippen LogP contribution < -0.4 is 0 Å². The summed E-state index contributed by atoms with van der Waals surface area (Å²) in [4.78, 5) is 24.7. The summed E-state index contributed by atoms with van der Waals surface area (Å²) in [6.07, 6.45) is 4.94. The van der Waals surface area contributed by atoms with Crippen LogP contribution in [0.2, 0.25) is 5.02 Å². The minimum Gasteiger partial charge on any atom is -0.454 e. The highest BCUT2D eigenvalue weighted by atomic mass is 35.5. The zero-order valence-electron chi connectivity index (χ0n) is 12.5. The van der Waals surface area contributed by atoms with Gasteiger partial charge in [-0.15, -0.1) is 11.8 Å². The zero-order chi connectivity index (χ0) is 16.7. The van der Waals surface area contributed by atoms with E-state index >= 15 is 0 Å².